The zero-order valence-corrected chi connectivity index (χ0v) is 22.9. The van der Waals surface area contributed by atoms with Crippen molar-refractivity contribution in [1.29, 1.82) is 0 Å². The summed E-state index contributed by atoms with van der Waals surface area (Å²) in [5.41, 5.74) is -0.262. The van der Waals surface area contributed by atoms with Gasteiger partial charge in [-0.05, 0) is 49.9 Å². The lowest BCUT2D eigenvalue weighted by atomic mass is 10.1. The van der Waals surface area contributed by atoms with Crippen LogP contribution in [0.2, 0.25) is 0 Å². The Morgan fingerprint density at radius 3 is 2.77 bits per heavy atom. The number of pyridine rings is 3. The number of hydrogen-bond acceptors (Lipinski definition) is 11. The molecule has 0 bridgehead atoms. The van der Waals surface area contributed by atoms with Gasteiger partial charge < -0.3 is 34.7 Å². The number of carbonyl (C=O) groups excluding carboxylic acids is 2. The molecule has 2 atom stereocenters. The fourth-order valence-electron chi connectivity index (χ4n) is 5.80. The third-order valence-electron chi connectivity index (χ3n) is 8.13. The number of rotatable bonds is 8. The fraction of sp³-hybridized carbons (Fsp3) is 0.429. The van der Waals surface area contributed by atoms with E-state index in [4.69, 9.17) is 9.47 Å². The number of carboxylic acid groups (broad SMARTS) is 1. The second-order valence-electron chi connectivity index (χ2n) is 11.2. The Morgan fingerprint density at radius 1 is 1.14 bits per heavy atom. The molecular weight excluding hydrogens is 565 g/mol. The molecule has 0 spiro atoms. The van der Waals surface area contributed by atoms with Crippen LogP contribution in [0.3, 0.4) is 0 Å². The number of nitrogens with one attached hydrogen (secondary N) is 2. The van der Waals surface area contributed by atoms with Crippen LogP contribution in [0.5, 0.6) is 5.88 Å². The van der Waals surface area contributed by atoms with Crippen molar-refractivity contribution in [3.8, 4) is 5.88 Å². The summed E-state index contributed by atoms with van der Waals surface area (Å²) in [6.45, 7) is 2.44. The van der Waals surface area contributed by atoms with Gasteiger partial charge in [-0.3, -0.25) is 9.69 Å². The molecule has 3 aromatic heterocycles. The van der Waals surface area contributed by atoms with Crippen LogP contribution >= 0.6 is 0 Å². The minimum atomic E-state index is -1.35. The topological polar surface area (TPSA) is 168 Å². The van der Waals surface area contributed by atoms with Gasteiger partial charge in [0.2, 0.25) is 11.3 Å². The third kappa shape index (κ3) is 5.09. The molecule has 1 saturated carbocycles. The molecule has 3 fully saturated rings. The van der Waals surface area contributed by atoms with E-state index in [2.05, 4.69) is 20.6 Å². The van der Waals surface area contributed by atoms with Gasteiger partial charge in [-0.25, -0.2) is 23.8 Å². The summed E-state index contributed by atoms with van der Waals surface area (Å²) in [5, 5.41) is 15.7. The SMILES string of the molecule is O=C1CNc2ccc(N3C[C@H](CNC[C@@H]4CCN(c5nc6c(cc5F)c(=O)c(C(=O)O)cn6C5CC5)C4)OC3=O)nc2O1. The molecule has 0 radical (unpaired) electrons. The number of esters is 1. The molecule has 7 rings (SSSR count). The highest BCUT2D eigenvalue weighted by atomic mass is 19.1. The monoisotopic (exact) mass is 593 g/mol. The van der Waals surface area contributed by atoms with Crippen molar-refractivity contribution in [3.05, 3.63) is 46.0 Å². The Hall–Kier alpha value is -4.79. The highest BCUT2D eigenvalue weighted by Crippen LogP contribution is 2.37. The van der Waals surface area contributed by atoms with Crippen molar-refractivity contribution < 1.29 is 33.4 Å². The highest BCUT2D eigenvalue weighted by molar-refractivity contribution is 5.92. The maximum atomic E-state index is 15.2. The molecule has 3 N–H and O–H groups in total. The van der Waals surface area contributed by atoms with Crippen LogP contribution in [0.15, 0.2) is 29.2 Å². The number of ether oxygens (including phenoxy) is 2. The van der Waals surface area contributed by atoms with Gasteiger partial charge in [-0.15, -0.1) is 0 Å². The van der Waals surface area contributed by atoms with Crippen molar-refractivity contribution in [2.45, 2.75) is 31.4 Å². The van der Waals surface area contributed by atoms with E-state index in [0.29, 0.717) is 43.3 Å². The number of halogens is 1. The lowest BCUT2D eigenvalue weighted by Crippen LogP contribution is -2.34. The van der Waals surface area contributed by atoms with E-state index in [9.17, 15) is 24.3 Å². The molecule has 0 aromatic carbocycles. The number of nitrogens with zero attached hydrogens (tertiary/aromatic N) is 5. The normalized spacial score (nSPS) is 21.5. The number of carbonyl (C=O) groups is 3. The molecule has 15 heteroatoms. The van der Waals surface area contributed by atoms with Crippen molar-refractivity contribution in [3.63, 3.8) is 0 Å². The van der Waals surface area contributed by atoms with Gasteiger partial charge in [-0.2, -0.15) is 4.98 Å². The lowest BCUT2D eigenvalue weighted by molar-refractivity contribution is -0.133. The van der Waals surface area contributed by atoms with Crippen molar-refractivity contribution in [2.75, 3.05) is 54.4 Å². The van der Waals surface area contributed by atoms with E-state index in [1.165, 1.54) is 11.1 Å². The Bertz CT molecular complexity index is 1730. The molecule has 6 heterocycles. The highest BCUT2D eigenvalue weighted by Gasteiger charge is 2.35. The summed E-state index contributed by atoms with van der Waals surface area (Å²) >= 11 is 0. The van der Waals surface area contributed by atoms with Crippen molar-refractivity contribution in [2.24, 2.45) is 5.92 Å². The first-order valence-electron chi connectivity index (χ1n) is 14.1. The Balaban J connectivity index is 0.977. The zero-order valence-electron chi connectivity index (χ0n) is 22.9. The Labute approximate surface area is 243 Å². The van der Waals surface area contributed by atoms with Gasteiger partial charge in [0.15, 0.2) is 11.6 Å². The zero-order chi connectivity index (χ0) is 29.8. The minimum absolute atomic E-state index is 0.0334. The van der Waals surface area contributed by atoms with Crippen LogP contribution in [0, 0.1) is 11.7 Å². The number of carboxylic acids is 1. The first kappa shape index (κ1) is 27.1. The Morgan fingerprint density at radius 2 is 1.98 bits per heavy atom. The molecule has 224 valence electrons. The Kier molecular flexibility index (Phi) is 6.60. The van der Waals surface area contributed by atoms with Gasteiger partial charge in [0.05, 0.1) is 17.6 Å². The van der Waals surface area contributed by atoms with Crippen molar-refractivity contribution >= 4 is 46.4 Å². The van der Waals surface area contributed by atoms with Crippen molar-refractivity contribution in [1.82, 2.24) is 19.9 Å². The minimum Gasteiger partial charge on any atom is -0.477 e. The molecular formula is C28H28FN7O7. The fourth-order valence-corrected chi connectivity index (χ4v) is 5.80. The predicted octanol–water partition coefficient (Wildman–Crippen LogP) is 1.74. The van der Waals surface area contributed by atoms with Crippen LogP contribution in [0.25, 0.3) is 11.0 Å². The maximum Gasteiger partial charge on any atom is 0.416 e. The first-order valence-corrected chi connectivity index (χ1v) is 14.1. The van der Waals surface area contributed by atoms with Crippen LogP contribution in [-0.4, -0.2) is 83.0 Å². The van der Waals surface area contributed by atoms with Gasteiger partial charge in [0.1, 0.15) is 29.7 Å². The van der Waals surface area contributed by atoms with Crippen LogP contribution in [0.1, 0.15) is 35.7 Å². The van der Waals surface area contributed by atoms with E-state index >= 15 is 4.39 Å². The van der Waals surface area contributed by atoms with Gasteiger partial charge in [0, 0.05) is 31.9 Å². The summed E-state index contributed by atoms with van der Waals surface area (Å²) in [5.74, 6) is -1.71. The van der Waals surface area contributed by atoms with E-state index in [0.717, 1.165) is 25.3 Å². The number of aromatic carboxylic acids is 1. The number of amides is 1. The summed E-state index contributed by atoms with van der Waals surface area (Å²) in [6, 6.07) is 4.50. The van der Waals surface area contributed by atoms with Gasteiger partial charge in [-0.1, -0.05) is 0 Å². The van der Waals surface area contributed by atoms with E-state index in [1.54, 1.807) is 16.7 Å². The standard InChI is InChI=1S/C28H28FN7O7/c29-19-7-17-23(38)18(27(39)40)13-35(15-1-2-15)24(17)33-25(19)34-6-5-14(11-34)8-30-9-16-12-36(28(41)42-16)21-4-3-20-26(32-21)43-22(37)10-31-20/h3-4,7,13-16,30-31H,1-2,5-6,8-12H2,(H,39,40)/t14-,16-/m0/s1. The lowest BCUT2D eigenvalue weighted by Gasteiger charge is -2.20. The molecule has 1 aliphatic carbocycles. The van der Waals surface area contributed by atoms with Crippen LogP contribution < -0.4 is 30.6 Å². The second-order valence-corrected chi connectivity index (χ2v) is 11.2. The molecule has 0 unspecified atom stereocenters. The van der Waals surface area contributed by atoms with Crippen LogP contribution in [0.4, 0.5) is 26.5 Å². The molecule has 43 heavy (non-hydrogen) atoms. The largest absolute Gasteiger partial charge is 0.477 e. The molecule has 4 aliphatic rings. The number of hydrogen-bond donors (Lipinski definition) is 3. The number of fused-ring (bicyclic) bond motifs is 2. The van der Waals surface area contributed by atoms with E-state index in [1.807, 2.05) is 4.90 Å². The summed E-state index contributed by atoms with van der Waals surface area (Å²) < 4.78 is 27.6. The van der Waals surface area contributed by atoms with Gasteiger partial charge >= 0.3 is 18.0 Å². The number of cyclic esters (lactones) is 1. The first-order chi connectivity index (χ1) is 20.7. The van der Waals surface area contributed by atoms with Crippen LogP contribution in [-0.2, 0) is 9.53 Å². The quantitative estimate of drug-likeness (QED) is 0.324. The average molecular weight is 594 g/mol. The smallest absolute Gasteiger partial charge is 0.416 e. The molecule has 2 saturated heterocycles. The predicted molar refractivity (Wildman–Crippen MR) is 150 cm³/mol. The summed E-state index contributed by atoms with van der Waals surface area (Å²) in [7, 11) is 0. The third-order valence-corrected chi connectivity index (χ3v) is 8.13. The summed E-state index contributed by atoms with van der Waals surface area (Å²) in [6.07, 6.45) is 2.82. The number of aromatic nitrogens is 3. The number of anilines is 3. The molecule has 3 aromatic rings. The summed E-state index contributed by atoms with van der Waals surface area (Å²) in [4.78, 5) is 60.5. The van der Waals surface area contributed by atoms with E-state index < -0.39 is 40.9 Å². The molecule has 14 nitrogen and oxygen atoms in total. The van der Waals surface area contributed by atoms with E-state index in [-0.39, 0.29) is 42.1 Å². The average Bonchev–Trinajstić information content (AvgIpc) is 3.60. The second kappa shape index (κ2) is 10.5. The maximum absolute atomic E-state index is 15.2. The van der Waals surface area contributed by atoms with Gasteiger partial charge in [0.25, 0.3) is 0 Å². The molecule has 3 aliphatic heterocycles. The molecule has 1 amide bonds.